The van der Waals surface area contributed by atoms with Crippen LogP contribution in [0.3, 0.4) is 0 Å². The summed E-state index contributed by atoms with van der Waals surface area (Å²) >= 11 is 0. The van der Waals surface area contributed by atoms with Crippen molar-refractivity contribution in [2.75, 3.05) is 41.3 Å². The summed E-state index contributed by atoms with van der Waals surface area (Å²) in [5.41, 5.74) is 1.38. The van der Waals surface area contributed by atoms with Gasteiger partial charge in [0.05, 0.1) is 0 Å². The first-order chi connectivity index (χ1) is 14.4. The summed E-state index contributed by atoms with van der Waals surface area (Å²) < 4.78 is 40.5. The summed E-state index contributed by atoms with van der Waals surface area (Å²) in [7, 11) is 0. The second-order valence-corrected chi connectivity index (χ2v) is 8.86. The summed E-state index contributed by atoms with van der Waals surface area (Å²) in [6.07, 6.45) is 3.51. The Balaban J connectivity index is 1.33. The molecule has 1 saturated carbocycles. The monoisotopic (exact) mass is 417 g/mol. The van der Waals surface area contributed by atoms with Gasteiger partial charge in [0.2, 0.25) is 5.95 Å². The van der Waals surface area contributed by atoms with Crippen molar-refractivity contribution in [2.24, 2.45) is 5.41 Å². The topological polar surface area (TPSA) is 44.3 Å². The van der Waals surface area contributed by atoms with Crippen molar-refractivity contribution in [1.29, 1.82) is 0 Å². The molecular formula is C22H26F3N5. The molecule has 0 radical (unpaired) electrons. The van der Waals surface area contributed by atoms with E-state index in [2.05, 4.69) is 20.2 Å². The highest BCUT2D eigenvalue weighted by atomic mass is 19.4. The molecule has 3 aliphatic rings. The Bertz CT molecular complexity index is 894. The highest BCUT2D eigenvalue weighted by Gasteiger charge is 2.50. The molecule has 2 aromatic rings. The van der Waals surface area contributed by atoms with Gasteiger partial charge >= 0.3 is 6.18 Å². The maximum absolute atomic E-state index is 13.5. The summed E-state index contributed by atoms with van der Waals surface area (Å²) in [5, 5.41) is 3.07. The van der Waals surface area contributed by atoms with E-state index in [1.165, 1.54) is 31.4 Å². The van der Waals surface area contributed by atoms with Crippen LogP contribution in [0.5, 0.6) is 0 Å². The number of halogens is 3. The molecule has 1 aromatic heterocycles. The van der Waals surface area contributed by atoms with Crippen LogP contribution >= 0.6 is 0 Å². The first-order valence-corrected chi connectivity index (χ1v) is 10.7. The van der Waals surface area contributed by atoms with Gasteiger partial charge in [-0.3, -0.25) is 0 Å². The van der Waals surface area contributed by atoms with E-state index in [-0.39, 0.29) is 17.2 Å². The molecule has 0 unspecified atom stereocenters. The Kier molecular flexibility index (Phi) is 4.75. The molecule has 8 heteroatoms. The minimum Gasteiger partial charge on any atom is -0.372 e. The molecule has 2 aliphatic heterocycles. The van der Waals surface area contributed by atoms with Crippen LogP contribution in [-0.2, 0) is 6.18 Å². The van der Waals surface area contributed by atoms with Crippen LogP contribution < -0.4 is 15.1 Å². The number of aromatic nitrogens is 2. The van der Waals surface area contributed by atoms with Gasteiger partial charge < -0.3 is 15.1 Å². The Morgan fingerprint density at radius 2 is 1.60 bits per heavy atom. The predicted octanol–water partition coefficient (Wildman–Crippen LogP) is 5.22. The fraction of sp³-hybridized carbons (Fsp3) is 0.545. The van der Waals surface area contributed by atoms with Gasteiger partial charge in [0.15, 0.2) is 0 Å². The van der Waals surface area contributed by atoms with Crippen molar-refractivity contribution in [3.8, 4) is 0 Å². The summed E-state index contributed by atoms with van der Waals surface area (Å²) in [6, 6.07) is 7.93. The zero-order valence-electron chi connectivity index (χ0n) is 16.9. The maximum atomic E-state index is 13.5. The molecule has 1 N–H and O–H groups in total. The van der Waals surface area contributed by atoms with E-state index in [4.69, 9.17) is 0 Å². The molecule has 5 rings (SSSR count). The number of benzene rings is 1. The zero-order valence-corrected chi connectivity index (χ0v) is 16.9. The molecule has 0 bridgehead atoms. The fourth-order valence-electron chi connectivity index (χ4n) is 4.82. The largest absolute Gasteiger partial charge is 0.421 e. The molecule has 160 valence electrons. The third-order valence-electron chi connectivity index (χ3n) is 6.68. The number of rotatable bonds is 4. The fourth-order valence-corrected chi connectivity index (χ4v) is 4.82. The van der Waals surface area contributed by atoms with Crippen molar-refractivity contribution >= 4 is 23.1 Å². The predicted molar refractivity (Wildman–Crippen MR) is 111 cm³/mol. The van der Waals surface area contributed by atoms with Crippen molar-refractivity contribution in [2.45, 2.75) is 44.7 Å². The van der Waals surface area contributed by atoms with Crippen molar-refractivity contribution in [1.82, 2.24) is 9.97 Å². The number of nitrogens with zero attached hydrogens (tertiary/aromatic N) is 4. The minimum absolute atomic E-state index is 0.0116. The van der Waals surface area contributed by atoms with Crippen LogP contribution in [0, 0.1) is 5.41 Å². The van der Waals surface area contributed by atoms with E-state index in [1.807, 2.05) is 24.3 Å². The van der Waals surface area contributed by atoms with Gasteiger partial charge in [-0.05, 0) is 56.4 Å². The first-order valence-electron chi connectivity index (χ1n) is 10.7. The number of piperidine rings is 1. The lowest BCUT2D eigenvalue weighted by atomic mass is 9.63. The lowest BCUT2D eigenvalue weighted by Gasteiger charge is -2.56. The Labute approximate surface area is 174 Å². The minimum atomic E-state index is -4.47. The lowest BCUT2D eigenvalue weighted by molar-refractivity contribution is -0.137. The highest BCUT2D eigenvalue weighted by molar-refractivity contribution is 5.61. The lowest BCUT2D eigenvalue weighted by Crippen LogP contribution is -2.60. The molecule has 2 saturated heterocycles. The highest BCUT2D eigenvalue weighted by Crippen LogP contribution is 2.50. The zero-order chi connectivity index (χ0) is 20.8. The molecule has 0 atom stereocenters. The first kappa shape index (κ1) is 19.5. The average Bonchev–Trinajstić information content (AvgIpc) is 2.66. The molecule has 1 aromatic carbocycles. The van der Waals surface area contributed by atoms with Gasteiger partial charge in [-0.1, -0.05) is 6.42 Å². The van der Waals surface area contributed by atoms with Crippen molar-refractivity contribution < 1.29 is 13.2 Å². The summed E-state index contributed by atoms with van der Waals surface area (Å²) in [6.45, 7) is 3.43. The Morgan fingerprint density at radius 3 is 2.20 bits per heavy atom. The van der Waals surface area contributed by atoms with E-state index in [1.54, 1.807) is 4.90 Å². The third-order valence-corrected chi connectivity index (χ3v) is 6.68. The Hall–Kier alpha value is -2.51. The quantitative estimate of drug-likeness (QED) is 0.739. The summed E-state index contributed by atoms with van der Waals surface area (Å²) in [4.78, 5) is 12.3. The molecule has 5 nitrogen and oxygen atoms in total. The second-order valence-electron chi connectivity index (χ2n) is 8.86. The van der Waals surface area contributed by atoms with Gasteiger partial charge in [0, 0.05) is 49.2 Å². The van der Waals surface area contributed by atoms with E-state index in [0.717, 1.165) is 37.8 Å². The van der Waals surface area contributed by atoms with Crippen LogP contribution in [0.4, 0.5) is 36.3 Å². The second kappa shape index (κ2) is 7.32. The average molecular weight is 417 g/mol. The standard InChI is InChI=1S/C22H26F3N5/c23-22(24,25)18-13-26-20(28-19(18)30-14-21(15-30)9-4-10-21)27-16-5-7-17(8-6-16)29-11-2-1-3-12-29/h5-8,13H,1-4,9-12,14-15H2,(H,26,27,28). The molecule has 0 amide bonds. The molecule has 3 heterocycles. The molecular weight excluding hydrogens is 391 g/mol. The van der Waals surface area contributed by atoms with Crippen molar-refractivity contribution in [3.63, 3.8) is 0 Å². The molecule has 1 spiro atoms. The van der Waals surface area contributed by atoms with E-state index in [9.17, 15) is 13.2 Å². The third kappa shape index (κ3) is 3.68. The van der Waals surface area contributed by atoms with Gasteiger partial charge in [-0.2, -0.15) is 18.2 Å². The van der Waals surface area contributed by atoms with Gasteiger partial charge in [0.25, 0.3) is 0 Å². The van der Waals surface area contributed by atoms with Crippen LogP contribution in [0.1, 0.15) is 44.1 Å². The molecule has 1 aliphatic carbocycles. The van der Waals surface area contributed by atoms with Crippen LogP contribution in [-0.4, -0.2) is 36.1 Å². The van der Waals surface area contributed by atoms with Gasteiger partial charge in [0.1, 0.15) is 11.4 Å². The number of hydrogen-bond acceptors (Lipinski definition) is 5. The van der Waals surface area contributed by atoms with Crippen molar-refractivity contribution in [3.05, 3.63) is 36.0 Å². The Morgan fingerprint density at radius 1 is 0.900 bits per heavy atom. The SMILES string of the molecule is FC(F)(F)c1cnc(Nc2ccc(N3CCCCC3)cc2)nc1N1CC2(CCC2)C1. The number of anilines is 4. The van der Waals surface area contributed by atoms with Crippen LogP contribution in [0.2, 0.25) is 0 Å². The van der Waals surface area contributed by atoms with Crippen LogP contribution in [0.15, 0.2) is 30.5 Å². The molecule has 3 fully saturated rings. The number of nitrogens with one attached hydrogen (secondary N) is 1. The smallest absolute Gasteiger partial charge is 0.372 e. The van der Waals surface area contributed by atoms with E-state index in [0.29, 0.717) is 13.1 Å². The van der Waals surface area contributed by atoms with E-state index < -0.39 is 11.7 Å². The van der Waals surface area contributed by atoms with E-state index >= 15 is 0 Å². The van der Waals surface area contributed by atoms with Gasteiger partial charge in [-0.25, -0.2) is 4.98 Å². The normalized spacial score (nSPS) is 20.6. The number of alkyl halides is 3. The number of hydrogen-bond donors (Lipinski definition) is 1. The maximum Gasteiger partial charge on any atom is 0.421 e. The van der Waals surface area contributed by atoms with Gasteiger partial charge in [-0.15, -0.1) is 0 Å². The van der Waals surface area contributed by atoms with Crippen LogP contribution in [0.25, 0.3) is 0 Å². The summed E-state index contributed by atoms with van der Waals surface area (Å²) in [5.74, 6) is 0.181. The molecule has 30 heavy (non-hydrogen) atoms.